The third-order valence-electron chi connectivity index (χ3n) is 4.98. The normalized spacial score (nSPS) is 17.1. The zero-order valence-corrected chi connectivity index (χ0v) is 16.4. The Morgan fingerprint density at radius 3 is 2.32 bits per heavy atom. The maximum absolute atomic E-state index is 13.4. The van der Waals surface area contributed by atoms with Crippen LogP contribution in [0.25, 0.3) is 5.69 Å². The first kappa shape index (κ1) is 18.4. The number of ether oxygens (including phenoxy) is 2. The van der Waals surface area contributed by atoms with Gasteiger partial charge >= 0.3 is 5.69 Å². The molecule has 0 amide bonds. The zero-order valence-electron chi connectivity index (χ0n) is 15.7. The van der Waals surface area contributed by atoms with Crippen LogP contribution in [0.3, 0.4) is 0 Å². The molecule has 1 atom stereocenters. The topological polar surface area (TPSA) is 73.3 Å². The summed E-state index contributed by atoms with van der Waals surface area (Å²) in [4.78, 5) is 28.7. The predicted molar refractivity (Wildman–Crippen MR) is 107 cm³/mol. The van der Waals surface area contributed by atoms with Crippen LogP contribution in [0.4, 0.5) is 0 Å². The van der Waals surface area contributed by atoms with Crippen molar-refractivity contribution in [1.29, 1.82) is 0 Å². The minimum Gasteiger partial charge on any atom is -0.497 e. The second kappa shape index (κ2) is 6.56. The van der Waals surface area contributed by atoms with Crippen molar-refractivity contribution in [3.63, 3.8) is 0 Å². The van der Waals surface area contributed by atoms with Gasteiger partial charge < -0.3 is 9.47 Å². The number of H-pyrrole nitrogens is 1. The van der Waals surface area contributed by atoms with E-state index in [0.717, 1.165) is 10.1 Å². The van der Waals surface area contributed by atoms with Gasteiger partial charge in [-0.1, -0.05) is 23.7 Å². The summed E-state index contributed by atoms with van der Waals surface area (Å²) >= 11 is 6.02. The highest BCUT2D eigenvalue weighted by Crippen LogP contribution is 2.45. The Morgan fingerprint density at radius 2 is 1.71 bits per heavy atom. The fourth-order valence-electron chi connectivity index (χ4n) is 3.72. The number of methoxy groups -OCH3 is 1. The molecule has 0 saturated heterocycles. The van der Waals surface area contributed by atoms with E-state index in [2.05, 4.69) is 4.98 Å². The number of halogens is 1. The largest absolute Gasteiger partial charge is 0.497 e. The first-order chi connectivity index (χ1) is 13.3. The van der Waals surface area contributed by atoms with Crippen molar-refractivity contribution < 1.29 is 9.47 Å². The molecular weight excluding hydrogens is 380 g/mol. The standard InChI is InChI=1S/C21H19ClN2O4/c1-21(2)17(12-4-6-13(22)7-5-12)16-18(28-21)23-20(26)24(19(16)25)14-8-10-15(27-3)11-9-14/h4-11,17H,1-3H3,(H,23,26)/t17-/m0/s1. The van der Waals surface area contributed by atoms with Gasteiger partial charge in [0.15, 0.2) is 0 Å². The van der Waals surface area contributed by atoms with E-state index in [1.165, 1.54) is 0 Å². The fraction of sp³-hybridized carbons (Fsp3) is 0.238. The molecule has 0 radical (unpaired) electrons. The molecule has 3 aromatic rings. The molecule has 1 aromatic heterocycles. The number of nitrogens with one attached hydrogen (secondary N) is 1. The van der Waals surface area contributed by atoms with Crippen molar-refractivity contribution in [1.82, 2.24) is 9.55 Å². The molecule has 0 aliphatic carbocycles. The quantitative estimate of drug-likeness (QED) is 0.733. The van der Waals surface area contributed by atoms with E-state index in [0.29, 0.717) is 22.0 Å². The maximum atomic E-state index is 13.4. The van der Waals surface area contributed by atoms with Crippen LogP contribution in [0.2, 0.25) is 5.02 Å². The van der Waals surface area contributed by atoms with E-state index in [-0.39, 0.29) is 11.8 Å². The zero-order chi connectivity index (χ0) is 20.1. The average Bonchev–Trinajstić information content (AvgIpc) is 2.93. The van der Waals surface area contributed by atoms with Gasteiger partial charge in [0.2, 0.25) is 5.88 Å². The number of nitrogens with zero attached hydrogens (tertiary/aromatic N) is 1. The molecule has 2 aromatic carbocycles. The Labute approximate surface area is 166 Å². The van der Waals surface area contributed by atoms with Crippen LogP contribution in [0.1, 0.15) is 30.9 Å². The molecule has 144 valence electrons. The van der Waals surface area contributed by atoms with Crippen LogP contribution >= 0.6 is 11.6 Å². The van der Waals surface area contributed by atoms with Gasteiger partial charge in [-0.25, -0.2) is 9.36 Å². The lowest BCUT2D eigenvalue weighted by atomic mass is 9.82. The molecule has 1 aliphatic heterocycles. The van der Waals surface area contributed by atoms with E-state index in [1.807, 2.05) is 26.0 Å². The van der Waals surface area contributed by atoms with Gasteiger partial charge in [0, 0.05) is 5.02 Å². The molecule has 0 spiro atoms. The van der Waals surface area contributed by atoms with E-state index < -0.39 is 16.9 Å². The average molecular weight is 399 g/mol. The molecule has 4 rings (SSSR count). The third-order valence-corrected chi connectivity index (χ3v) is 5.24. The van der Waals surface area contributed by atoms with Crippen molar-refractivity contribution in [3.05, 3.63) is 85.5 Å². The Bertz CT molecular complexity index is 1150. The summed E-state index contributed by atoms with van der Waals surface area (Å²) in [6, 6.07) is 14.0. The Morgan fingerprint density at radius 1 is 1.07 bits per heavy atom. The highest BCUT2D eigenvalue weighted by Gasteiger charge is 2.45. The van der Waals surface area contributed by atoms with Gasteiger partial charge in [-0.2, -0.15) is 0 Å². The summed E-state index contributed by atoms with van der Waals surface area (Å²) < 4.78 is 12.2. The highest BCUT2D eigenvalue weighted by molar-refractivity contribution is 6.30. The first-order valence-corrected chi connectivity index (χ1v) is 9.18. The lowest BCUT2D eigenvalue weighted by Crippen LogP contribution is -2.36. The van der Waals surface area contributed by atoms with Gasteiger partial charge in [-0.05, 0) is 55.8 Å². The van der Waals surface area contributed by atoms with E-state index in [1.54, 1.807) is 43.5 Å². The Balaban J connectivity index is 1.93. The van der Waals surface area contributed by atoms with Crippen LogP contribution in [0.5, 0.6) is 11.6 Å². The molecule has 0 fully saturated rings. The van der Waals surface area contributed by atoms with Gasteiger partial charge in [-0.15, -0.1) is 0 Å². The summed E-state index contributed by atoms with van der Waals surface area (Å²) in [5, 5.41) is 0.609. The number of benzene rings is 2. The van der Waals surface area contributed by atoms with Crippen molar-refractivity contribution in [2.24, 2.45) is 0 Å². The summed E-state index contributed by atoms with van der Waals surface area (Å²) in [6.45, 7) is 3.78. The summed E-state index contributed by atoms with van der Waals surface area (Å²) in [5.74, 6) is 0.497. The van der Waals surface area contributed by atoms with Gasteiger partial charge in [-0.3, -0.25) is 9.78 Å². The molecule has 2 heterocycles. The minimum absolute atomic E-state index is 0.213. The number of aromatic nitrogens is 2. The number of aromatic amines is 1. The highest BCUT2D eigenvalue weighted by atomic mass is 35.5. The van der Waals surface area contributed by atoms with Crippen molar-refractivity contribution in [2.45, 2.75) is 25.4 Å². The van der Waals surface area contributed by atoms with Crippen LogP contribution in [0.15, 0.2) is 58.1 Å². The molecule has 0 unspecified atom stereocenters. The van der Waals surface area contributed by atoms with Crippen LogP contribution in [0, 0.1) is 0 Å². The monoisotopic (exact) mass is 398 g/mol. The van der Waals surface area contributed by atoms with Crippen molar-refractivity contribution in [3.8, 4) is 17.3 Å². The SMILES string of the molecule is COc1ccc(-n2c(=O)[nH]c3c(c2=O)[C@H](c2ccc(Cl)cc2)C(C)(C)O3)cc1. The summed E-state index contributed by atoms with van der Waals surface area (Å²) in [7, 11) is 1.56. The fourth-order valence-corrected chi connectivity index (χ4v) is 3.85. The van der Waals surface area contributed by atoms with Crippen LogP contribution in [-0.4, -0.2) is 22.3 Å². The van der Waals surface area contributed by atoms with Crippen LogP contribution in [-0.2, 0) is 0 Å². The molecule has 6 nitrogen and oxygen atoms in total. The summed E-state index contributed by atoms with van der Waals surface area (Å²) in [5.41, 5.74) is 0.0869. The molecule has 1 N–H and O–H groups in total. The van der Waals surface area contributed by atoms with Crippen molar-refractivity contribution in [2.75, 3.05) is 7.11 Å². The number of fused-ring (bicyclic) bond motifs is 1. The third kappa shape index (κ3) is 2.90. The minimum atomic E-state index is -0.711. The lowest BCUT2D eigenvalue weighted by molar-refractivity contribution is 0.117. The molecule has 7 heteroatoms. The number of hydrogen-bond acceptors (Lipinski definition) is 4. The molecular formula is C21H19ClN2O4. The van der Waals surface area contributed by atoms with Gasteiger partial charge in [0.1, 0.15) is 11.4 Å². The Hall–Kier alpha value is -2.99. The van der Waals surface area contributed by atoms with E-state index >= 15 is 0 Å². The second-order valence-corrected chi connectivity index (χ2v) is 7.64. The molecule has 0 saturated carbocycles. The molecule has 28 heavy (non-hydrogen) atoms. The number of rotatable bonds is 3. The van der Waals surface area contributed by atoms with E-state index in [4.69, 9.17) is 21.1 Å². The Kier molecular flexibility index (Phi) is 4.31. The molecule has 0 bridgehead atoms. The smallest absolute Gasteiger partial charge is 0.335 e. The molecule has 1 aliphatic rings. The van der Waals surface area contributed by atoms with Crippen molar-refractivity contribution >= 4 is 11.6 Å². The van der Waals surface area contributed by atoms with E-state index in [9.17, 15) is 9.59 Å². The maximum Gasteiger partial charge on any atom is 0.335 e. The summed E-state index contributed by atoms with van der Waals surface area (Å²) in [6.07, 6.45) is 0. The van der Waals surface area contributed by atoms with Crippen LogP contribution < -0.4 is 20.7 Å². The second-order valence-electron chi connectivity index (χ2n) is 7.20. The van der Waals surface area contributed by atoms with Gasteiger partial charge in [0.05, 0.1) is 24.3 Å². The van der Waals surface area contributed by atoms with Gasteiger partial charge in [0.25, 0.3) is 5.56 Å². The predicted octanol–water partition coefficient (Wildman–Crippen LogP) is 3.49. The lowest BCUT2D eigenvalue weighted by Gasteiger charge is -2.26. The first-order valence-electron chi connectivity index (χ1n) is 8.80. The number of hydrogen-bond donors (Lipinski definition) is 1.